The highest BCUT2D eigenvalue weighted by Crippen LogP contribution is 2.33. The third-order valence-electron chi connectivity index (χ3n) is 2.30. The average molecular weight is 291 g/mol. The Morgan fingerprint density at radius 2 is 1.84 bits per heavy atom. The summed E-state index contributed by atoms with van der Waals surface area (Å²) in [5.74, 6) is 0. The Morgan fingerprint density at radius 3 is 2.32 bits per heavy atom. The Labute approximate surface area is 114 Å². The highest BCUT2D eigenvalue weighted by atomic mass is 32.2. The van der Waals surface area contributed by atoms with Gasteiger partial charge < -0.3 is 4.74 Å². The van der Waals surface area contributed by atoms with Crippen LogP contribution in [0.25, 0.3) is 0 Å². The molecule has 0 fully saturated rings. The maximum absolute atomic E-state index is 13.7. The molecule has 1 N–H and O–H groups in total. The fraction of sp³-hybridized carbons (Fsp3) is 0.538. The monoisotopic (exact) mass is 291 g/mol. The molecule has 0 spiro atoms. The zero-order chi connectivity index (χ0) is 14.8. The molecule has 0 aliphatic rings. The second kappa shape index (κ2) is 5.64. The van der Waals surface area contributed by atoms with Gasteiger partial charge in [0, 0.05) is 12.6 Å². The molecule has 3 nitrogen and oxygen atoms in total. The molecule has 1 aromatic carbocycles. The lowest BCUT2D eigenvalue weighted by atomic mass is 10.1. The van der Waals surface area contributed by atoms with Gasteiger partial charge in [-0.3, -0.25) is 0 Å². The van der Waals surface area contributed by atoms with Crippen LogP contribution in [0.15, 0.2) is 23.1 Å². The molecule has 0 aromatic heterocycles. The fourth-order valence-corrected chi connectivity index (χ4v) is 2.71. The first-order valence-electron chi connectivity index (χ1n) is 5.80. The second-order valence-corrected chi connectivity index (χ2v) is 6.52. The van der Waals surface area contributed by atoms with Crippen LogP contribution in [-0.2, 0) is 21.8 Å². The molecule has 1 unspecified atom stereocenters. The lowest BCUT2D eigenvalue weighted by molar-refractivity contribution is -0.233. The van der Waals surface area contributed by atoms with Crippen LogP contribution in [0.2, 0.25) is 0 Å². The van der Waals surface area contributed by atoms with Crippen molar-refractivity contribution in [2.45, 2.75) is 44.2 Å². The maximum Gasteiger partial charge on any atom is 0.384 e. The Bertz CT molecular complexity index is 484. The van der Waals surface area contributed by atoms with Crippen LogP contribution >= 0.6 is 0 Å². The van der Waals surface area contributed by atoms with Gasteiger partial charge in [-0.05, 0) is 39.8 Å². The van der Waals surface area contributed by atoms with Gasteiger partial charge in [0.25, 0.3) is 0 Å². The summed E-state index contributed by atoms with van der Waals surface area (Å²) in [6.45, 7) is 7.13. The van der Waals surface area contributed by atoms with Gasteiger partial charge in [0.05, 0.1) is 10.5 Å². The number of hydrogen-bond acceptors (Lipinski definition) is 2. The molecule has 108 valence electrons. The lowest BCUT2D eigenvalue weighted by Crippen LogP contribution is -2.38. The number of ether oxygens (including phenoxy) is 1. The van der Waals surface area contributed by atoms with Crippen LogP contribution < -0.4 is 4.72 Å². The Morgan fingerprint density at radius 1 is 1.26 bits per heavy atom. The third kappa shape index (κ3) is 4.33. The number of rotatable bonds is 4. The fourth-order valence-electron chi connectivity index (χ4n) is 1.48. The number of aryl methyl sites for hydroxylation is 1. The van der Waals surface area contributed by atoms with Gasteiger partial charge >= 0.3 is 6.11 Å². The van der Waals surface area contributed by atoms with E-state index in [2.05, 4.69) is 9.46 Å². The molecule has 1 aromatic rings. The van der Waals surface area contributed by atoms with E-state index < -0.39 is 22.6 Å². The van der Waals surface area contributed by atoms with Gasteiger partial charge in [-0.2, -0.15) is 8.78 Å². The van der Waals surface area contributed by atoms with E-state index in [9.17, 15) is 13.0 Å². The van der Waals surface area contributed by atoms with E-state index in [-0.39, 0.29) is 10.5 Å². The van der Waals surface area contributed by atoms with Crippen molar-refractivity contribution in [2.24, 2.45) is 0 Å². The van der Waals surface area contributed by atoms with Crippen molar-refractivity contribution < 1.29 is 17.7 Å². The lowest BCUT2D eigenvalue weighted by Gasteiger charge is -2.23. The van der Waals surface area contributed by atoms with Crippen LogP contribution in [0.1, 0.15) is 31.9 Å². The number of alkyl halides is 2. The normalized spacial score (nSPS) is 14.5. The molecule has 19 heavy (non-hydrogen) atoms. The van der Waals surface area contributed by atoms with Crippen LogP contribution in [0, 0.1) is 6.92 Å². The van der Waals surface area contributed by atoms with Crippen molar-refractivity contribution in [2.75, 3.05) is 7.11 Å². The van der Waals surface area contributed by atoms with Crippen LogP contribution in [-0.4, -0.2) is 16.9 Å². The maximum atomic E-state index is 13.7. The minimum absolute atomic E-state index is 0.0346. The second-order valence-electron chi connectivity index (χ2n) is 5.34. The van der Waals surface area contributed by atoms with Crippen molar-refractivity contribution in [3.8, 4) is 0 Å². The first kappa shape index (κ1) is 16.2. The summed E-state index contributed by atoms with van der Waals surface area (Å²) in [6, 6.07) is 4.38. The SMILES string of the molecule is COC(F)(F)c1cc(C)ccc1S(=O)NC(C)(C)C. The molecule has 0 amide bonds. The van der Waals surface area contributed by atoms with Crippen molar-refractivity contribution in [1.82, 2.24) is 4.72 Å². The Kier molecular flexibility index (Phi) is 4.81. The molecule has 0 heterocycles. The van der Waals surface area contributed by atoms with Crippen molar-refractivity contribution >= 4 is 11.0 Å². The third-order valence-corrected chi connectivity index (χ3v) is 3.86. The first-order valence-corrected chi connectivity index (χ1v) is 6.95. The van der Waals surface area contributed by atoms with Gasteiger partial charge in [-0.15, -0.1) is 0 Å². The van der Waals surface area contributed by atoms with E-state index in [0.717, 1.165) is 7.11 Å². The largest absolute Gasteiger partial charge is 0.384 e. The predicted molar refractivity (Wildman–Crippen MR) is 71.4 cm³/mol. The zero-order valence-electron chi connectivity index (χ0n) is 11.7. The highest BCUT2D eigenvalue weighted by Gasteiger charge is 2.36. The van der Waals surface area contributed by atoms with E-state index in [0.29, 0.717) is 5.56 Å². The van der Waals surface area contributed by atoms with Crippen molar-refractivity contribution in [1.29, 1.82) is 0 Å². The molecule has 0 radical (unpaired) electrons. The number of halogens is 2. The molecule has 0 saturated heterocycles. The summed E-state index contributed by atoms with van der Waals surface area (Å²) < 4.78 is 46.6. The molecule has 1 atom stereocenters. The van der Waals surface area contributed by atoms with E-state index in [1.165, 1.54) is 12.1 Å². The van der Waals surface area contributed by atoms with Crippen LogP contribution in [0.3, 0.4) is 0 Å². The van der Waals surface area contributed by atoms with E-state index in [1.54, 1.807) is 13.0 Å². The zero-order valence-corrected chi connectivity index (χ0v) is 12.5. The summed E-state index contributed by atoms with van der Waals surface area (Å²) in [5, 5.41) is 0. The Hall–Kier alpha value is -0.850. The van der Waals surface area contributed by atoms with Crippen molar-refractivity contribution in [3.05, 3.63) is 29.3 Å². The van der Waals surface area contributed by atoms with E-state index >= 15 is 0 Å². The summed E-state index contributed by atoms with van der Waals surface area (Å²) >= 11 is 0. The molecule has 0 bridgehead atoms. The Balaban J connectivity index is 3.25. The predicted octanol–water partition coefficient (Wildman–Crippen LogP) is 3.10. The van der Waals surface area contributed by atoms with Crippen molar-refractivity contribution in [3.63, 3.8) is 0 Å². The van der Waals surface area contributed by atoms with E-state index in [4.69, 9.17) is 0 Å². The summed E-state index contributed by atoms with van der Waals surface area (Å²) in [4.78, 5) is 0.0346. The smallest absolute Gasteiger partial charge is 0.320 e. The topological polar surface area (TPSA) is 38.3 Å². The summed E-state index contributed by atoms with van der Waals surface area (Å²) in [5.41, 5.74) is -0.164. The number of nitrogens with one attached hydrogen (secondary N) is 1. The summed E-state index contributed by atoms with van der Waals surface area (Å²) in [7, 11) is -0.808. The van der Waals surface area contributed by atoms with Gasteiger partial charge in [-0.1, -0.05) is 11.6 Å². The first-order chi connectivity index (χ1) is 8.57. The molecular weight excluding hydrogens is 272 g/mol. The summed E-state index contributed by atoms with van der Waals surface area (Å²) in [6.07, 6.45) is -3.46. The number of hydrogen-bond donors (Lipinski definition) is 1. The standard InChI is InChI=1S/C13H19F2NO2S/c1-9-6-7-11(19(17)16-12(2,3)4)10(8-9)13(14,15)18-5/h6-8,16H,1-5H3. The number of benzene rings is 1. The molecule has 6 heteroatoms. The molecule has 0 aliphatic carbocycles. The molecular formula is C13H19F2NO2S. The minimum Gasteiger partial charge on any atom is -0.320 e. The quantitative estimate of drug-likeness (QED) is 0.925. The van der Waals surface area contributed by atoms with Gasteiger partial charge in [0.2, 0.25) is 0 Å². The molecule has 1 rings (SSSR count). The highest BCUT2D eigenvalue weighted by molar-refractivity contribution is 7.83. The van der Waals surface area contributed by atoms with Crippen LogP contribution in [0.5, 0.6) is 0 Å². The average Bonchev–Trinajstić information content (AvgIpc) is 2.26. The van der Waals surface area contributed by atoms with Crippen LogP contribution in [0.4, 0.5) is 8.78 Å². The minimum atomic E-state index is -3.46. The van der Waals surface area contributed by atoms with Gasteiger partial charge in [0.15, 0.2) is 0 Å². The van der Waals surface area contributed by atoms with Gasteiger partial charge in [-0.25, -0.2) is 8.93 Å². The molecule has 0 aliphatic heterocycles. The number of methoxy groups -OCH3 is 1. The molecule has 0 saturated carbocycles. The van der Waals surface area contributed by atoms with E-state index in [1.807, 2.05) is 20.8 Å². The van der Waals surface area contributed by atoms with Gasteiger partial charge in [0.1, 0.15) is 11.0 Å².